The molecule has 1 fully saturated rings. The van der Waals surface area contributed by atoms with Crippen LogP contribution < -0.4 is 5.32 Å². The van der Waals surface area contributed by atoms with Crippen LogP contribution in [0.15, 0.2) is 48.5 Å². The highest BCUT2D eigenvalue weighted by atomic mass is 16.1. The molecule has 0 saturated carbocycles. The molecule has 2 heterocycles. The van der Waals surface area contributed by atoms with E-state index in [1.807, 2.05) is 31.3 Å². The number of carbonyl (C=O) groups excluding carboxylic acids is 1. The van der Waals surface area contributed by atoms with Crippen molar-refractivity contribution in [1.29, 1.82) is 0 Å². The molecule has 3 aromatic rings. The first-order valence-corrected chi connectivity index (χ1v) is 9.05. The highest BCUT2D eigenvalue weighted by molar-refractivity contribution is 5.97. The molecule has 1 aliphatic heterocycles. The van der Waals surface area contributed by atoms with Crippen LogP contribution in [0.3, 0.4) is 0 Å². The van der Waals surface area contributed by atoms with Crippen molar-refractivity contribution in [2.24, 2.45) is 7.05 Å². The van der Waals surface area contributed by atoms with Crippen LogP contribution in [0.4, 0.5) is 0 Å². The van der Waals surface area contributed by atoms with Crippen molar-refractivity contribution in [3.05, 3.63) is 59.7 Å². The van der Waals surface area contributed by atoms with Crippen molar-refractivity contribution < 1.29 is 4.79 Å². The molecule has 1 unspecified atom stereocenters. The molecular weight excluding hydrogens is 326 g/mol. The van der Waals surface area contributed by atoms with E-state index in [0.29, 0.717) is 5.56 Å². The fraction of sp³-hybridized carbons (Fsp3) is 0.350. The van der Waals surface area contributed by atoms with Gasteiger partial charge in [-0.15, -0.1) is 5.10 Å². The summed E-state index contributed by atoms with van der Waals surface area (Å²) in [5.74, 6) is -0.0379. The summed E-state index contributed by atoms with van der Waals surface area (Å²) in [5.41, 5.74) is 3.62. The van der Waals surface area contributed by atoms with Gasteiger partial charge in [0.25, 0.3) is 5.91 Å². The van der Waals surface area contributed by atoms with Crippen molar-refractivity contribution in [1.82, 2.24) is 25.2 Å². The van der Waals surface area contributed by atoms with Gasteiger partial charge in [-0.2, -0.15) is 0 Å². The first-order chi connectivity index (χ1) is 12.7. The van der Waals surface area contributed by atoms with Gasteiger partial charge in [-0.1, -0.05) is 35.5 Å². The topological polar surface area (TPSA) is 63.1 Å². The number of hydrogen-bond acceptors (Lipinski definition) is 4. The molecule has 0 radical (unpaired) electrons. The summed E-state index contributed by atoms with van der Waals surface area (Å²) in [7, 11) is 1.85. The average Bonchev–Trinajstić information content (AvgIpc) is 3.03. The van der Waals surface area contributed by atoms with Crippen molar-refractivity contribution in [3.63, 3.8) is 0 Å². The SMILES string of the molecule is Cn1nnc2cc(C(=O)NC3CCCN(Cc4ccccc4)C3)ccc21. The standard InChI is InChI=1S/C20H23N5O/c1-24-19-10-9-16(12-18(19)22-23-24)20(26)21-17-8-5-11-25(14-17)13-15-6-3-2-4-7-15/h2-4,6-7,9-10,12,17H,5,8,11,13-14H2,1H3,(H,21,26). The number of hydrogen-bond donors (Lipinski definition) is 1. The van der Waals surface area contributed by atoms with E-state index in [4.69, 9.17) is 0 Å². The van der Waals surface area contributed by atoms with E-state index in [2.05, 4.69) is 44.8 Å². The van der Waals surface area contributed by atoms with Crippen LogP contribution in [0, 0.1) is 0 Å². The Morgan fingerprint density at radius 3 is 2.92 bits per heavy atom. The first-order valence-electron chi connectivity index (χ1n) is 9.05. The monoisotopic (exact) mass is 349 g/mol. The minimum Gasteiger partial charge on any atom is -0.348 e. The molecular formula is C20H23N5O. The van der Waals surface area contributed by atoms with Gasteiger partial charge < -0.3 is 5.32 Å². The zero-order valence-corrected chi connectivity index (χ0v) is 14.9. The average molecular weight is 349 g/mol. The lowest BCUT2D eigenvalue weighted by Gasteiger charge is -2.33. The molecule has 1 saturated heterocycles. The van der Waals surface area contributed by atoms with Crippen LogP contribution in [-0.2, 0) is 13.6 Å². The van der Waals surface area contributed by atoms with Crippen molar-refractivity contribution >= 4 is 16.9 Å². The maximum absolute atomic E-state index is 12.6. The van der Waals surface area contributed by atoms with Gasteiger partial charge in [0.15, 0.2) is 0 Å². The number of amides is 1. The maximum Gasteiger partial charge on any atom is 0.251 e. The molecule has 26 heavy (non-hydrogen) atoms. The van der Waals surface area contributed by atoms with Crippen LogP contribution in [0.1, 0.15) is 28.8 Å². The summed E-state index contributed by atoms with van der Waals surface area (Å²) in [6.07, 6.45) is 2.12. The third-order valence-electron chi connectivity index (χ3n) is 4.96. The Labute approximate surface area is 152 Å². The predicted octanol–water partition coefficient (Wildman–Crippen LogP) is 2.36. The molecule has 1 atom stereocenters. The fourth-order valence-electron chi connectivity index (χ4n) is 3.61. The van der Waals surface area contributed by atoms with Gasteiger partial charge in [0.2, 0.25) is 0 Å². The molecule has 1 amide bonds. The second-order valence-corrected chi connectivity index (χ2v) is 6.95. The van der Waals surface area contributed by atoms with E-state index in [0.717, 1.165) is 43.5 Å². The Morgan fingerprint density at radius 2 is 2.08 bits per heavy atom. The molecule has 0 aliphatic carbocycles. The van der Waals surface area contributed by atoms with Gasteiger partial charge in [-0.05, 0) is 43.1 Å². The van der Waals surface area contributed by atoms with Crippen LogP contribution >= 0.6 is 0 Å². The number of likely N-dealkylation sites (tertiary alicyclic amines) is 1. The Bertz CT molecular complexity index is 905. The van der Waals surface area contributed by atoms with Gasteiger partial charge in [0.05, 0.1) is 5.52 Å². The van der Waals surface area contributed by atoms with Gasteiger partial charge in [-0.3, -0.25) is 9.69 Å². The van der Waals surface area contributed by atoms with Gasteiger partial charge in [0.1, 0.15) is 5.52 Å². The second-order valence-electron chi connectivity index (χ2n) is 6.95. The minimum atomic E-state index is -0.0379. The Balaban J connectivity index is 1.40. The van der Waals surface area contributed by atoms with E-state index < -0.39 is 0 Å². The summed E-state index contributed by atoms with van der Waals surface area (Å²) in [6, 6.07) is 16.2. The molecule has 1 aromatic heterocycles. The van der Waals surface area contributed by atoms with Crippen molar-refractivity contribution in [3.8, 4) is 0 Å². The number of nitrogens with one attached hydrogen (secondary N) is 1. The molecule has 0 spiro atoms. The van der Waals surface area contributed by atoms with Crippen LogP contribution in [0.2, 0.25) is 0 Å². The lowest BCUT2D eigenvalue weighted by Crippen LogP contribution is -2.47. The fourth-order valence-corrected chi connectivity index (χ4v) is 3.61. The van der Waals surface area contributed by atoms with Crippen molar-refractivity contribution in [2.75, 3.05) is 13.1 Å². The smallest absolute Gasteiger partial charge is 0.251 e. The highest BCUT2D eigenvalue weighted by Gasteiger charge is 2.22. The van der Waals surface area contributed by atoms with Crippen LogP contribution in [0.25, 0.3) is 11.0 Å². The Morgan fingerprint density at radius 1 is 1.23 bits per heavy atom. The van der Waals surface area contributed by atoms with E-state index >= 15 is 0 Å². The summed E-state index contributed by atoms with van der Waals surface area (Å²) in [5, 5.41) is 11.3. The van der Waals surface area contributed by atoms with E-state index in [1.54, 1.807) is 4.68 Å². The number of benzene rings is 2. The van der Waals surface area contributed by atoms with Gasteiger partial charge in [0, 0.05) is 31.7 Å². The molecule has 1 aliphatic rings. The first kappa shape index (κ1) is 16.7. The lowest BCUT2D eigenvalue weighted by molar-refractivity contribution is 0.0901. The summed E-state index contributed by atoms with van der Waals surface area (Å²) >= 11 is 0. The zero-order chi connectivity index (χ0) is 17.9. The van der Waals surface area contributed by atoms with Crippen LogP contribution in [-0.4, -0.2) is 44.9 Å². The number of aryl methyl sites for hydroxylation is 1. The molecule has 6 heteroatoms. The molecule has 134 valence electrons. The molecule has 4 rings (SSSR count). The summed E-state index contributed by atoms with van der Waals surface area (Å²) in [6.45, 7) is 2.89. The van der Waals surface area contributed by atoms with E-state index in [1.165, 1.54) is 5.56 Å². The quantitative estimate of drug-likeness (QED) is 0.785. The van der Waals surface area contributed by atoms with Gasteiger partial charge >= 0.3 is 0 Å². The second kappa shape index (κ2) is 7.25. The minimum absolute atomic E-state index is 0.0379. The van der Waals surface area contributed by atoms with Crippen LogP contribution in [0.5, 0.6) is 0 Å². The van der Waals surface area contributed by atoms with Gasteiger partial charge in [-0.25, -0.2) is 4.68 Å². The highest BCUT2D eigenvalue weighted by Crippen LogP contribution is 2.16. The molecule has 1 N–H and O–H groups in total. The summed E-state index contributed by atoms with van der Waals surface area (Å²) < 4.78 is 1.71. The molecule has 0 bridgehead atoms. The third kappa shape index (κ3) is 3.60. The Hall–Kier alpha value is -2.73. The number of piperidine rings is 1. The Kier molecular flexibility index (Phi) is 4.67. The van der Waals surface area contributed by atoms with Crippen molar-refractivity contribution in [2.45, 2.75) is 25.4 Å². The zero-order valence-electron chi connectivity index (χ0n) is 14.9. The predicted molar refractivity (Wildman–Crippen MR) is 101 cm³/mol. The summed E-state index contributed by atoms with van der Waals surface area (Å²) in [4.78, 5) is 15.1. The largest absolute Gasteiger partial charge is 0.348 e. The third-order valence-corrected chi connectivity index (χ3v) is 4.96. The lowest BCUT2D eigenvalue weighted by atomic mass is 10.0. The molecule has 2 aromatic carbocycles. The van der Waals surface area contributed by atoms with E-state index in [9.17, 15) is 4.79 Å². The number of fused-ring (bicyclic) bond motifs is 1. The normalized spacial score (nSPS) is 18.1. The number of nitrogens with zero attached hydrogens (tertiary/aromatic N) is 4. The number of carbonyl (C=O) groups is 1. The number of rotatable bonds is 4. The maximum atomic E-state index is 12.6. The van der Waals surface area contributed by atoms with E-state index in [-0.39, 0.29) is 11.9 Å². The number of aromatic nitrogens is 3. The molecule has 6 nitrogen and oxygen atoms in total.